The number of aliphatic hydroxyl groups is 1. The van der Waals surface area contributed by atoms with E-state index in [1.165, 1.54) is 0 Å². The molecule has 0 amide bonds. The van der Waals surface area contributed by atoms with E-state index in [2.05, 4.69) is 18.8 Å². The highest BCUT2D eigenvalue weighted by molar-refractivity contribution is 7.99. The summed E-state index contributed by atoms with van der Waals surface area (Å²) >= 11 is 1.87. The minimum atomic E-state index is 0.114. The van der Waals surface area contributed by atoms with Gasteiger partial charge in [0.15, 0.2) is 0 Å². The number of aliphatic hydroxyl groups excluding tert-OH is 1. The smallest absolute Gasteiger partial charge is 0.119 e. The molecule has 0 aromatic heterocycles. The van der Waals surface area contributed by atoms with Crippen molar-refractivity contribution in [2.75, 3.05) is 24.7 Å². The van der Waals surface area contributed by atoms with Crippen LogP contribution in [0.25, 0.3) is 0 Å². The molecule has 0 atom stereocenters. The van der Waals surface area contributed by atoms with E-state index in [1.54, 1.807) is 0 Å². The topological polar surface area (TPSA) is 29.5 Å². The van der Waals surface area contributed by atoms with Gasteiger partial charge in [-0.05, 0) is 30.0 Å². The first-order valence-corrected chi connectivity index (χ1v) is 6.92. The van der Waals surface area contributed by atoms with E-state index in [1.807, 2.05) is 36.0 Å². The molecule has 0 aliphatic rings. The molecule has 0 spiro atoms. The Labute approximate surface area is 107 Å². The number of benzene rings is 1. The molecule has 2 nitrogen and oxygen atoms in total. The lowest BCUT2D eigenvalue weighted by molar-refractivity contribution is 0.305. The summed E-state index contributed by atoms with van der Waals surface area (Å²) < 4.78 is 5.58. The molecular formula is C14H18O2S. The first-order chi connectivity index (χ1) is 8.36. The molecule has 0 aliphatic heterocycles. The first kappa shape index (κ1) is 14.0. The molecule has 0 unspecified atom stereocenters. The Balaban J connectivity index is 2.37. The van der Waals surface area contributed by atoms with E-state index in [-0.39, 0.29) is 6.61 Å². The van der Waals surface area contributed by atoms with Gasteiger partial charge in [0, 0.05) is 17.7 Å². The molecule has 17 heavy (non-hydrogen) atoms. The lowest BCUT2D eigenvalue weighted by atomic mass is 10.2. The Hall–Kier alpha value is -1.11. The molecule has 92 valence electrons. The normalized spacial score (nSPS) is 9.53. The van der Waals surface area contributed by atoms with E-state index in [0.717, 1.165) is 29.4 Å². The van der Waals surface area contributed by atoms with Crippen molar-refractivity contribution in [2.45, 2.75) is 13.3 Å². The van der Waals surface area contributed by atoms with Crippen LogP contribution in [0.5, 0.6) is 5.75 Å². The highest BCUT2D eigenvalue weighted by Crippen LogP contribution is 2.12. The first-order valence-electron chi connectivity index (χ1n) is 5.77. The Morgan fingerprint density at radius 3 is 2.71 bits per heavy atom. The van der Waals surface area contributed by atoms with Gasteiger partial charge in [-0.25, -0.2) is 0 Å². The molecule has 0 saturated carbocycles. The van der Waals surface area contributed by atoms with Gasteiger partial charge in [0.1, 0.15) is 5.75 Å². The van der Waals surface area contributed by atoms with Crippen LogP contribution >= 0.6 is 11.8 Å². The van der Waals surface area contributed by atoms with Crippen LogP contribution in [0.3, 0.4) is 0 Å². The lowest BCUT2D eigenvalue weighted by Crippen LogP contribution is -2.00. The van der Waals surface area contributed by atoms with Gasteiger partial charge >= 0.3 is 0 Å². The van der Waals surface area contributed by atoms with Crippen LogP contribution in [-0.2, 0) is 0 Å². The molecule has 1 rings (SSSR count). The van der Waals surface area contributed by atoms with Crippen LogP contribution in [0, 0.1) is 11.8 Å². The second-order valence-electron chi connectivity index (χ2n) is 3.35. The second kappa shape index (κ2) is 8.98. The van der Waals surface area contributed by atoms with Crippen molar-refractivity contribution in [2.24, 2.45) is 0 Å². The summed E-state index contributed by atoms with van der Waals surface area (Å²) in [7, 11) is 0. The Kier molecular flexibility index (Phi) is 7.37. The summed E-state index contributed by atoms with van der Waals surface area (Å²) in [5, 5.41) is 8.60. The number of rotatable bonds is 6. The molecule has 3 heteroatoms. The Bertz CT molecular complexity index is 362. The zero-order valence-electron chi connectivity index (χ0n) is 10.1. The third-order valence-corrected chi connectivity index (χ3v) is 2.89. The highest BCUT2D eigenvalue weighted by atomic mass is 32.2. The fourth-order valence-electron chi connectivity index (χ4n) is 1.22. The molecule has 0 aliphatic carbocycles. The van der Waals surface area contributed by atoms with Crippen LogP contribution < -0.4 is 4.74 Å². The van der Waals surface area contributed by atoms with E-state index < -0.39 is 0 Å². The van der Waals surface area contributed by atoms with Gasteiger partial charge in [-0.2, -0.15) is 11.8 Å². The zero-order valence-corrected chi connectivity index (χ0v) is 10.9. The largest absolute Gasteiger partial charge is 0.493 e. The Morgan fingerprint density at radius 1 is 1.29 bits per heavy atom. The maximum Gasteiger partial charge on any atom is 0.119 e. The van der Waals surface area contributed by atoms with Crippen molar-refractivity contribution < 1.29 is 9.84 Å². The predicted molar refractivity (Wildman–Crippen MR) is 73.5 cm³/mol. The van der Waals surface area contributed by atoms with Crippen LogP contribution in [0.4, 0.5) is 0 Å². The summed E-state index contributed by atoms with van der Waals surface area (Å²) in [4.78, 5) is 0. The van der Waals surface area contributed by atoms with Crippen molar-refractivity contribution in [3.8, 4) is 17.6 Å². The van der Waals surface area contributed by atoms with Crippen molar-refractivity contribution in [1.82, 2.24) is 0 Å². The Morgan fingerprint density at radius 2 is 2.06 bits per heavy atom. The summed E-state index contributed by atoms with van der Waals surface area (Å²) in [6, 6.07) is 7.73. The minimum absolute atomic E-state index is 0.114. The third kappa shape index (κ3) is 6.25. The van der Waals surface area contributed by atoms with Crippen LogP contribution in [0.2, 0.25) is 0 Å². The quantitative estimate of drug-likeness (QED) is 0.621. The average Bonchev–Trinajstić information content (AvgIpc) is 2.37. The van der Waals surface area contributed by atoms with E-state index in [4.69, 9.17) is 9.84 Å². The molecular weight excluding hydrogens is 232 g/mol. The predicted octanol–water partition coefficient (Wildman–Crippen LogP) is 2.55. The molecule has 1 aromatic carbocycles. The SMILES string of the molecule is CCSCCOc1ccc(C#CCCO)cc1. The molecule has 0 radical (unpaired) electrons. The van der Waals surface area contributed by atoms with E-state index in [0.29, 0.717) is 6.42 Å². The fraction of sp³-hybridized carbons (Fsp3) is 0.429. The van der Waals surface area contributed by atoms with Crippen molar-refractivity contribution in [3.63, 3.8) is 0 Å². The minimum Gasteiger partial charge on any atom is -0.493 e. The molecule has 0 saturated heterocycles. The standard InChI is InChI=1S/C14H18O2S/c1-2-17-12-11-16-14-8-6-13(7-9-14)5-3-4-10-15/h6-9,15H,2,4,10-12H2,1H3. The summed E-state index contributed by atoms with van der Waals surface area (Å²) in [6.07, 6.45) is 0.520. The zero-order chi connectivity index (χ0) is 12.3. The highest BCUT2D eigenvalue weighted by Gasteiger charge is 1.93. The van der Waals surface area contributed by atoms with E-state index in [9.17, 15) is 0 Å². The third-order valence-electron chi connectivity index (χ3n) is 2.02. The number of hydrogen-bond donors (Lipinski definition) is 1. The average molecular weight is 250 g/mol. The molecule has 1 N–H and O–H groups in total. The fourth-order valence-corrected chi connectivity index (χ4v) is 1.71. The van der Waals surface area contributed by atoms with Gasteiger partial charge < -0.3 is 9.84 Å². The maximum absolute atomic E-state index is 8.60. The maximum atomic E-state index is 8.60. The number of ether oxygens (including phenoxy) is 1. The molecule has 0 fully saturated rings. The molecule has 0 heterocycles. The van der Waals surface area contributed by atoms with Gasteiger partial charge in [-0.1, -0.05) is 18.8 Å². The van der Waals surface area contributed by atoms with Crippen molar-refractivity contribution >= 4 is 11.8 Å². The summed E-state index contributed by atoms with van der Waals surface area (Å²) in [5.74, 6) is 8.90. The summed E-state index contributed by atoms with van der Waals surface area (Å²) in [5.41, 5.74) is 0.953. The van der Waals surface area contributed by atoms with Crippen molar-refractivity contribution in [3.05, 3.63) is 29.8 Å². The van der Waals surface area contributed by atoms with Crippen LogP contribution in [0.1, 0.15) is 18.9 Å². The second-order valence-corrected chi connectivity index (χ2v) is 4.74. The van der Waals surface area contributed by atoms with Gasteiger partial charge in [-0.15, -0.1) is 0 Å². The number of hydrogen-bond acceptors (Lipinski definition) is 3. The van der Waals surface area contributed by atoms with E-state index >= 15 is 0 Å². The van der Waals surface area contributed by atoms with Gasteiger partial charge in [-0.3, -0.25) is 0 Å². The molecule has 0 bridgehead atoms. The lowest BCUT2D eigenvalue weighted by Gasteiger charge is -2.04. The molecule has 1 aromatic rings. The van der Waals surface area contributed by atoms with Gasteiger partial charge in [0.2, 0.25) is 0 Å². The van der Waals surface area contributed by atoms with Gasteiger partial charge in [0.05, 0.1) is 13.2 Å². The van der Waals surface area contributed by atoms with Crippen molar-refractivity contribution in [1.29, 1.82) is 0 Å². The summed E-state index contributed by atoms with van der Waals surface area (Å²) in [6.45, 7) is 3.00. The van der Waals surface area contributed by atoms with Crippen LogP contribution in [0.15, 0.2) is 24.3 Å². The van der Waals surface area contributed by atoms with Gasteiger partial charge in [0.25, 0.3) is 0 Å². The van der Waals surface area contributed by atoms with Crippen LogP contribution in [-0.4, -0.2) is 29.8 Å². The number of thioether (sulfide) groups is 1. The monoisotopic (exact) mass is 250 g/mol.